The van der Waals surface area contributed by atoms with Crippen LogP contribution in [-0.2, 0) is 11.0 Å². The second kappa shape index (κ2) is 8.22. The van der Waals surface area contributed by atoms with Crippen molar-refractivity contribution in [3.63, 3.8) is 0 Å². The molecule has 0 aliphatic carbocycles. The average molecular weight is 509 g/mol. The molecule has 2 N–H and O–H groups in total. The second-order valence-corrected chi connectivity index (χ2v) is 7.19. The number of rotatable bonds is 5. The highest BCUT2D eigenvalue weighted by Gasteiger charge is 2.31. The van der Waals surface area contributed by atoms with Crippen LogP contribution >= 0.6 is 31.9 Å². The van der Waals surface area contributed by atoms with Crippen LogP contribution in [0.15, 0.2) is 45.3 Å². The van der Waals surface area contributed by atoms with E-state index in [9.17, 15) is 27.6 Å². The maximum atomic E-state index is 13.0. The molecular formula is C17H10Br2F3NO4. The number of carbonyl (C=O) groups excluding carboxylic acids is 2. The van der Waals surface area contributed by atoms with Gasteiger partial charge in [-0.3, -0.25) is 14.4 Å². The first-order valence-electron chi connectivity index (χ1n) is 7.20. The van der Waals surface area contributed by atoms with Gasteiger partial charge in [-0.15, -0.1) is 0 Å². The highest BCUT2D eigenvalue weighted by molar-refractivity contribution is 9.10. The smallest absolute Gasteiger partial charge is 0.416 e. The number of alkyl halides is 3. The number of halogens is 5. The summed E-state index contributed by atoms with van der Waals surface area (Å²) in [5.74, 6) is -2.71. The molecular weight excluding hydrogens is 499 g/mol. The lowest BCUT2D eigenvalue weighted by Gasteiger charge is -2.11. The molecule has 0 radical (unpaired) electrons. The lowest BCUT2D eigenvalue weighted by molar-refractivity contribution is -0.138. The van der Waals surface area contributed by atoms with Crippen molar-refractivity contribution in [2.24, 2.45) is 0 Å². The summed E-state index contributed by atoms with van der Waals surface area (Å²) in [7, 11) is 0. The Kier molecular flexibility index (Phi) is 6.42. The molecule has 0 saturated carbocycles. The van der Waals surface area contributed by atoms with E-state index in [0.717, 1.165) is 12.1 Å². The van der Waals surface area contributed by atoms with E-state index in [1.165, 1.54) is 24.3 Å². The van der Waals surface area contributed by atoms with Crippen LogP contribution < -0.4 is 5.32 Å². The Morgan fingerprint density at radius 1 is 0.889 bits per heavy atom. The zero-order chi connectivity index (χ0) is 20.4. The van der Waals surface area contributed by atoms with Gasteiger partial charge in [-0.2, -0.15) is 13.2 Å². The summed E-state index contributed by atoms with van der Waals surface area (Å²) < 4.78 is 39.3. The Bertz CT molecular complexity index is 929. The SMILES string of the molecule is O=C(O)CNC(=O)c1cc(Br)cc(C(=O)c2cc(Br)cc(C(F)(F)F)c2)c1. The van der Waals surface area contributed by atoms with Crippen molar-refractivity contribution in [3.05, 3.63) is 67.6 Å². The lowest BCUT2D eigenvalue weighted by Crippen LogP contribution is -2.29. The molecule has 0 unspecified atom stereocenters. The minimum absolute atomic E-state index is 0.0139. The maximum absolute atomic E-state index is 13.0. The molecule has 10 heteroatoms. The molecule has 0 heterocycles. The quantitative estimate of drug-likeness (QED) is 0.591. The van der Waals surface area contributed by atoms with Gasteiger partial charge >= 0.3 is 12.1 Å². The largest absolute Gasteiger partial charge is 0.480 e. The number of carboxylic acids is 1. The number of nitrogens with one attached hydrogen (secondary N) is 1. The highest BCUT2D eigenvalue weighted by Crippen LogP contribution is 2.32. The van der Waals surface area contributed by atoms with E-state index in [1.54, 1.807) is 0 Å². The lowest BCUT2D eigenvalue weighted by atomic mass is 9.99. The number of hydrogen-bond acceptors (Lipinski definition) is 3. The zero-order valence-corrected chi connectivity index (χ0v) is 16.4. The molecule has 2 aromatic carbocycles. The fraction of sp³-hybridized carbons (Fsp3) is 0.118. The summed E-state index contributed by atoms with van der Waals surface area (Å²) in [6, 6.07) is 6.70. The third-order valence-corrected chi connectivity index (χ3v) is 4.23. The maximum Gasteiger partial charge on any atom is 0.416 e. The van der Waals surface area contributed by atoms with Crippen molar-refractivity contribution in [2.75, 3.05) is 6.54 Å². The van der Waals surface area contributed by atoms with Gasteiger partial charge in [0, 0.05) is 25.6 Å². The number of hydrogen-bond donors (Lipinski definition) is 2. The van der Waals surface area contributed by atoms with Crippen LogP contribution in [0.25, 0.3) is 0 Å². The molecule has 142 valence electrons. The van der Waals surface area contributed by atoms with Crippen molar-refractivity contribution in [3.8, 4) is 0 Å². The van der Waals surface area contributed by atoms with E-state index in [0.29, 0.717) is 4.47 Å². The summed E-state index contributed by atoms with van der Waals surface area (Å²) in [6.45, 7) is -0.616. The van der Waals surface area contributed by atoms with E-state index >= 15 is 0 Å². The van der Waals surface area contributed by atoms with E-state index < -0.39 is 35.9 Å². The normalized spacial score (nSPS) is 11.1. The Hall–Kier alpha value is -2.20. The van der Waals surface area contributed by atoms with Crippen molar-refractivity contribution >= 4 is 49.5 Å². The monoisotopic (exact) mass is 507 g/mol. The molecule has 0 atom stereocenters. The van der Waals surface area contributed by atoms with Gasteiger partial charge in [0.1, 0.15) is 6.54 Å². The molecule has 0 aromatic heterocycles. The fourth-order valence-electron chi connectivity index (χ4n) is 2.16. The van der Waals surface area contributed by atoms with Gasteiger partial charge in [-0.25, -0.2) is 0 Å². The number of amides is 1. The Labute approximate surface area is 167 Å². The number of carbonyl (C=O) groups is 3. The van der Waals surface area contributed by atoms with Gasteiger partial charge in [0.15, 0.2) is 5.78 Å². The van der Waals surface area contributed by atoms with Crippen LogP contribution in [0, 0.1) is 0 Å². The van der Waals surface area contributed by atoms with Crippen LogP contribution in [0.5, 0.6) is 0 Å². The van der Waals surface area contributed by atoms with Gasteiger partial charge in [-0.05, 0) is 36.4 Å². The molecule has 0 fully saturated rings. The van der Waals surface area contributed by atoms with Crippen LogP contribution in [-0.4, -0.2) is 29.3 Å². The minimum Gasteiger partial charge on any atom is -0.480 e. The Balaban J connectivity index is 2.41. The fourth-order valence-corrected chi connectivity index (χ4v) is 3.15. The third kappa shape index (κ3) is 5.64. The Morgan fingerprint density at radius 3 is 1.96 bits per heavy atom. The second-order valence-electron chi connectivity index (χ2n) is 5.36. The predicted molar refractivity (Wildman–Crippen MR) is 96.7 cm³/mol. The summed E-state index contributed by atoms with van der Waals surface area (Å²) in [4.78, 5) is 35.2. The first kappa shape index (κ1) is 21.1. The van der Waals surface area contributed by atoms with Gasteiger partial charge in [0.25, 0.3) is 5.91 Å². The van der Waals surface area contributed by atoms with Gasteiger partial charge in [0.2, 0.25) is 0 Å². The Morgan fingerprint density at radius 2 is 1.41 bits per heavy atom. The van der Waals surface area contributed by atoms with Gasteiger partial charge < -0.3 is 10.4 Å². The van der Waals surface area contributed by atoms with Crippen molar-refractivity contribution in [1.29, 1.82) is 0 Å². The minimum atomic E-state index is -4.63. The molecule has 1 amide bonds. The first-order valence-corrected chi connectivity index (χ1v) is 8.79. The molecule has 0 aliphatic heterocycles. The van der Waals surface area contributed by atoms with Crippen molar-refractivity contribution < 1.29 is 32.7 Å². The molecule has 0 aliphatic rings. The zero-order valence-electron chi connectivity index (χ0n) is 13.2. The standard InChI is InChI=1S/C17H10Br2F3NO4/c18-12-3-8(1-10(5-12)16(27)23-7-14(24)25)15(26)9-2-11(17(20,21)22)6-13(19)4-9/h1-6H,7H2,(H,23,27)(H,24,25). The third-order valence-electron chi connectivity index (χ3n) is 3.31. The van der Waals surface area contributed by atoms with Gasteiger partial charge in [-0.1, -0.05) is 31.9 Å². The first-order chi connectivity index (χ1) is 12.5. The van der Waals surface area contributed by atoms with E-state index in [1.807, 2.05) is 0 Å². The highest BCUT2D eigenvalue weighted by atomic mass is 79.9. The number of ketones is 1. The molecule has 2 aromatic rings. The molecule has 0 spiro atoms. The molecule has 5 nitrogen and oxygen atoms in total. The number of carboxylic acid groups (broad SMARTS) is 1. The van der Waals surface area contributed by atoms with E-state index in [-0.39, 0.29) is 21.2 Å². The number of aliphatic carboxylic acids is 1. The molecule has 27 heavy (non-hydrogen) atoms. The molecule has 0 bridgehead atoms. The van der Waals surface area contributed by atoms with Crippen LogP contribution in [0.4, 0.5) is 13.2 Å². The van der Waals surface area contributed by atoms with Crippen molar-refractivity contribution in [2.45, 2.75) is 6.18 Å². The predicted octanol–water partition coefficient (Wildman–Crippen LogP) is 4.28. The summed E-state index contributed by atoms with van der Waals surface area (Å²) >= 11 is 6.08. The summed E-state index contributed by atoms with van der Waals surface area (Å²) in [6.07, 6.45) is -4.63. The summed E-state index contributed by atoms with van der Waals surface area (Å²) in [5.41, 5.74) is -1.25. The van der Waals surface area contributed by atoms with Crippen LogP contribution in [0.3, 0.4) is 0 Å². The van der Waals surface area contributed by atoms with Crippen molar-refractivity contribution in [1.82, 2.24) is 5.32 Å². The average Bonchev–Trinajstić information content (AvgIpc) is 2.57. The topological polar surface area (TPSA) is 83.5 Å². The molecule has 0 saturated heterocycles. The van der Waals surface area contributed by atoms with E-state index in [4.69, 9.17) is 5.11 Å². The number of benzene rings is 2. The van der Waals surface area contributed by atoms with E-state index in [2.05, 4.69) is 37.2 Å². The van der Waals surface area contributed by atoms with Crippen LogP contribution in [0.1, 0.15) is 31.8 Å². The van der Waals surface area contributed by atoms with Crippen LogP contribution in [0.2, 0.25) is 0 Å². The summed E-state index contributed by atoms with van der Waals surface area (Å²) in [5, 5.41) is 10.7. The molecule has 2 rings (SSSR count). The van der Waals surface area contributed by atoms with Gasteiger partial charge in [0.05, 0.1) is 5.56 Å².